The summed E-state index contributed by atoms with van der Waals surface area (Å²) < 4.78 is 2.15. The summed E-state index contributed by atoms with van der Waals surface area (Å²) in [6.07, 6.45) is 6.32. The summed E-state index contributed by atoms with van der Waals surface area (Å²) in [5, 5.41) is 4.02. The molecule has 0 spiro atoms. The fourth-order valence-electron chi connectivity index (χ4n) is 3.41. The summed E-state index contributed by atoms with van der Waals surface area (Å²) >= 11 is 0. The smallest absolute Gasteiger partial charge is 0.253 e. The molecule has 0 atom stereocenters. The van der Waals surface area contributed by atoms with Crippen LogP contribution in [0.2, 0.25) is 0 Å². The van der Waals surface area contributed by atoms with Gasteiger partial charge < -0.3 is 9.88 Å². The maximum atomic E-state index is 12.8. The third-order valence-electron chi connectivity index (χ3n) is 4.93. The quantitative estimate of drug-likeness (QED) is 0.549. The number of fused-ring (bicyclic) bond motifs is 1. The van der Waals surface area contributed by atoms with Crippen molar-refractivity contribution in [3.63, 3.8) is 0 Å². The summed E-state index contributed by atoms with van der Waals surface area (Å²) in [4.78, 5) is 16.9. The van der Waals surface area contributed by atoms with Gasteiger partial charge in [0, 0.05) is 42.6 Å². The highest BCUT2D eigenvalue weighted by molar-refractivity contribution is 6.07. The van der Waals surface area contributed by atoms with Gasteiger partial charge in [0.25, 0.3) is 5.91 Å². The number of aryl methyl sites for hydroxylation is 1. The number of hydrogen-bond donors (Lipinski definition) is 1. The second kappa shape index (κ2) is 8.09. The van der Waals surface area contributed by atoms with Gasteiger partial charge in [-0.05, 0) is 36.6 Å². The lowest BCUT2D eigenvalue weighted by molar-refractivity contribution is 0.0955. The van der Waals surface area contributed by atoms with Gasteiger partial charge in [0.05, 0.1) is 5.56 Å². The van der Waals surface area contributed by atoms with E-state index in [1.54, 1.807) is 6.20 Å². The van der Waals surface area contributed by atoms with Crippen LogP contribution < -0.4 is 5.32 Å². The minimum atomic E-state index is -0.0391. The van der Waals surface area contributed by atoms with Crippen molar-refractivity contribution in [1.82, 2.24) is 14.9 Å². The molecule has 2 aromatic carbocycles. The van der Waals surface area contributed by atoms with Crippen LogP contribution in [0, 0.1) is 6.92 Å². The van der Waals surface area contributed by atoms with Gasteiger partial charge in [-0.2, -0.15) is 0 Å². The molecule has 2 heterocycles. The molecule has 4 rings (SSSR count). The molecule has 0 aliphatic carbocycles. The number of hydrogen-bond acceptors (Lipinski definition) is 2. The second-order valence-electron chi connectivity index (χ2n) is 7.04. The Kier molecular flexibility index (Phi) is 5.20. The molecule has 0 saturated heterocycles. The lowest BCUT2D eigenvalue weighted by atomic mass is 10.1. The molecule has 0 aliphatic heterocycles. The monoisotopic (exact) mass is 369 g/mol. The highest BCUT2D eigenvalue weighted by atomic mass is 16.1. The Hall–Kier alpha value is -3.40. The van der Waals surface area contributed by atoms with Gasteiger partial charge in [-0.1, -0.05) is 54.1 Å². The maximum absolute atomic E-state index is 12.8. The zero-order chi connectivity index (χ0) is 19.3. The lowest BCUT2D eigenvalue weighted by Gasteiger charge is -2.06. The Morgan fingerprint density at radius 2 is 1.82 bits per heavy atom. The minimum absolute atomic E-state index is 0.0391. The molecule has 140 valence electrons. The van der Waals surface area contributed by atoms with Crippen molar-refractivity contribution in [1.29, 1.82) is 0 Å². The first-order chi connectivity index (χ1) is 13.7. The number of para-hydroxylation sites is 1. The van der Waals surface area contributed by atoms with Crippen LogP contribution in [0.25, 0.3) is 10.9 Å². The van der Waals surface area contributed by atoms with Gasteiger partial charge in [0.1, 0.15) is 0 Å². The first kappa shape index (κ1) is 18.0. The van der Waals surface area contributed by atoms with Crippen molar-refractivity contribution in [3.05, 3.63) is 102 Å². The molecule has 0 unspecified atom stereocenters. The van der Waals surface area contributed by atoms with E-state index in [1.807, 2.05) is 42.7 Å². The van der Waals surface area contributed by atoms with Crippen molar-refractivity contribution in [2.45, 2.75) is 19.9 Å². The van der Waals surface area contributed by atoms with E-state index in [1.165, 1.54) is 11.1 Å². The average Bonchev–Trinajstić information content (AvgIpc) is 3.09. The molecule has 0 aliphatic rings. The number of rotatable bonds is 6. The molecule has 4 nitrogen and oxygen atoms in total. The highest BCUT2D eigenvalue weighted by Gasteiger charge is 2.14. The van der Waals surface area contributed by atoms with Crippen molar-refractivity contribution in [2.24, 2.45) is 0 Å². The van der Waals surface area contributed by atoms with E-state index in [0.29, 0.717) is 12.1 Å². The van der Waals surface area contributed by atoms with Crippen LogP contribution >= 0.6 is 0 Å². The number of aromatic nitrogens is 2. The molecule has 28 heavy (non-hydrogen) atoms. The number of pyridine rings is 1. The average molecular weight is 369 g/mol. The van der Waals surface area contributed by atoms with Crippen molar-refractivity contribution >= 4 is 16.8 Å². The molecular formula is C24H23N3O. The Labute approximate surface area is 164 Å². The van der Waals surface area contributed by atoms with E-state index in [2.05, 4.69) is 52.1 Å². The first-order valence-electron chi connectivity index (χ1n) is 9.51. The number of nitrogens with zero attached hydrogens (tertiary/aromatic N) is 2. The first-order valence-corrected chi connectivity index (χ1v) is 9.51. The van der Waals surface area contributed by atoms with Gasteiger partial charge in [-0.25, -0.2) is 0 Å². The number of carbonyl (C=O) groups is 1. The van der Waals surface area contributed by atoms with Crippen LogP contribution in [0.1, 0.15) is 27.0 Å². The SMILES string of the molecule is Cc1ccc(Cn2cc(C(=O)NCCc3cccnc3)c3ccccc32)cc1. The van der Waals surface area contributed by atoms with E-state index < -0.39 is 0 Å². The van der Waals surface area contributed by atoms with Crippen LogP contribution in [0.3, 0.4) is 0 Å². The van der Waals surface area contributed by atoms with Crippen molar-refractivity contribution in [2.75, 3.05) is 6.54 Å². The minimum Gasteiger partial charge on any atom is -0.352 e. The lowest BCUT2D eigenvalue weighted by Crippen LogP contribution is -2.25. The predicted molar refractivity (Wildman–Crippen MR) is 112 cm³/mol. The number of carbonyl (C=O) groups excluding carboxylic acids is 1. The van der Waals surface area contributed by atoms with Gasteiger partial charge in [-0.3, -0.25) is 9.78 Å². The molecule has 0 radical (unpaired) electrons. The van der Waals surface area contributed by atoms with E-state index in [0.717, 1.165) is 29.4 Å². The summed E-state index contributed by atoms with van der Waals surface area (Å²) in [7, 11) is 0. The van der Waals surface area contributed by atoms with E-state index >= 15 is 0 Å². The van der Waals surface area contributed by atoms with Crippen LogP contribution in [0.4, 0.5) is 0 Å². The number of nitrogens with one attached hydrogen (secondary N) is 1. The van der Waals surface area contributed by atoms with Crippen LogP contribution in [-0.2, 0) is 13.0 Å². The predicted octanol–water partition coefficient (Wildman–Crippen LogP) is 4.37. The Balaban J connectivity index is 1.53. The van der Waals surface area contributed by atoms with Gasteiger partial charge in [0.15, 0.2) is 0 Å². The standard InChI is InChI=1S/C24H23N3O/c1-18-8-10-20(11-9-18)16-27-17-22(21-6-2-3-7-23(21)27)24(28)26-14-12-19-5-4-13-25-15-19/h2-11,13,15,17H,12,14,16H2,1H3,(H,26,28). The maximum Gasteiger partial charge on any atom is 0.253 e. The summed E-state index contributed by atoms with van der Waals surface area (Å²) in [5.41, 5.74) is 5.36. The Morgan fingerprint density at radius 1 is 1.00 bits per heavy atom. The van der Waals surface area contributed by atoms with Crippen LogP contribution in [0.5, 0.6) is 0 Å². The van der Waals surface area contributed by atoms with E-state index in [4.69, 9.17) is 0 Å². The molecule has 0 bridgehead atoms. The molecule has 1 amide bonds. The highest BCUT2D eigenvalue weighted by Crippen LogP contribution is 2.22. The van der Waals surface area contributed by atoms with Gasteiger partial charge in [-0.15, -0.1) is 0 Å². The number of benzene rings is 2. The van der Waals surface area contributed by atoms with Crippen molar-refractivity contribution in [3.8, 4) is 0 Å². The fraction of sp³-hybridized carbons (Fsp3) is 0.167. The number of amides is 1. The Morgan fingerprint density at radius 3 is 2.61 bits per heavy atom. The van der Waals surface area contributed by atoms with Crippen LogP contribution in [-0.4, -0.2) is 22.0 Å². The second-order valence-corrected chi connectivity index (χ2v) is 7.04. The zero-order valence-electron chi connectivity index (χ0n) is 15.9. The molecule has 0 saturated carbocycles. The Bertz CT molecular complexity index is 1080. The summed E-state index contributed by atoms with van der Waals surface area (Å²) in [5.74, 6) is -0.0391. The van der Waals surface area contributed by atoms with Gasteiger partial charge in [0.2, 0.25) is 0 Å². The topological polar surface area (TPSA) is 46.9 Å². The largest absolute Gasteiger partial charge is 0.352 e. The zero-order valence-corrected chi connectivity index (χ0v) is 15.9. The molecule has 2 aromatic heterocycles. The van der Waals surface area contributed by atoms with Crippen LogP contribution in [0.15, 0.2) is 79.3 Å². The normalized spacial score (nSPS) is 10.9. The van der Waals surface area contributed by atoms with E-state index in [9.17, 15) is 4.79 Å². The summed E-state index contributed by atoms with van der Waals surface area (Å²) in [6.45, 7) is 3.41. The third-order valence-corrected chi connectivity index (χ3v) is 4.93. The molecule has 0 fully saturated rings. The molecule has 4 aromatic rings. The molecular weight excluding hydrogens is 346 g/mol. The van der Waals surface area contributed by atoms with Gasteiger partial charge >= 0.3 is 0 Å². The third kappa shape index (κ3) is 3.96. The van der Waals surface area contributed by atoms with E-state index in [-0.39, 0.29) is 5.91 Å². The molecule has 4 heteroatoms. The van der Waals surface area contributed by atoms with Crippen molar-refractivity contribution < 1.29 is 4.79 Å². The summed E-state index contributed by atoms with van der Waals surface area (Å²) in [6, 6.07) is 20.5. The fourth-order valence-corrected chi connectivity index (χ4v) is 3.41. The molecule has 1 N–H and O–H groups in total.